The van der Waals surface area contributed by atoms with Gasteiger partial charge < -0.3 is 14.8 Å². The van der Waals surface area contributed by atoms with E-state index >= 15 is 0 Å². The number of ether oxygens (including phenoxy) is 2. The number of hydrogen-bond acceptors (Lipinski definition) is 4. The third-order valence-electron chi connectivity index (χ3n) is 5.32. The monoisotopic (exact) mass is 390 g/mol. The van der Waals surface area contributed by atoms with Crippen LogP contribution in [0.3, 0.4) is 0 Å². The van der Waals surface area contributed by atoms with Crippen LogP contribution in [0.25, 0.3) is 0 Å². The molecule has 1 aliphatic rings. The Labute approximate surface area is 170 Å². The van der Waals surface area contributed by atoms with Crippen molar-refractivity contribution in [3.63, 3.8) is 0 Å². The van der Waals surface area contributed by atoms with E-state index in [1.165, 1.54) is 38.8 Å². The van der Waals surface area contributed by atoms with Crippen LogP contribution in [0.1, 0.15) is 65.7 Å². The Morgan fingerprint density at radius 1 is 1.04 bits per heavy atom. The summed E-state index contributed by atoms with van der Waals surface area (Å²) in [5.74, 6) is 0.754. The first kappa shape index (κ1) is 22.7. The van der Waals surface area contributed by atoms with Crippen molar-refractivity contribution in [2.24, 2.45) is 0 Å². The molecule has 1 fully saturated rings. The molecule has 1 aromatic carbocycles. The van der Waals surface area contributed by atoms with Gasteiger partial charge in [0.05, 0.1) is 0 Å². The fourth-order valence-electron chi connectivity index (χ4n) is 3.61. The lowest BCUT2D eigenvalue weighted by molar-refractivity contribution is -0.140. The molecule has 0 spiro atoms. The zero-order valence-electron chi connectivity index (χ0n) is 18.0. The Hall–Kier alpha value is -1.59. The van der Waals surface area contributed by atoms with Gasteiger partial charge in [-0.1, -0.05) is 33.1 Å². The average molecular weight is 391 g/mol. The van der Waals surface area contributed by atoms with Gasteiger partial charge in [0.1, 0.15) is 18.0 Å². The van der Waals surface area contributed by atoms with Crippen LogP contribution in [0.2, 0.25) is 0 Å². The van der Waals surface area contributed by atoms with Gasteiger partial charge in [0.25, 0.3) is 5.91 Å². The second-order valence-electron chi connectivity index (χ2n) is 7.91. The number of amides is 1. The Morgan fingerprint density at radius 3 is 2.32 bits per heavy atom. The number of anilines is 1. The first-order chi connectivity index (χ1) is 13.6. The molecule has 1 N–H and O–H groups in total. The van der Waals surface area contributed by atoms with Crippen molar-refractivity contribution in [3.8, 4) is 5.75 Å². The van der Waals surface area contributed by atoms with Crippen molar-refractivity contribution in [3.05, 3.63) is 24.3 Å². The van der Waals surface area contributed by atoms with Crippen LogP contribution in [-0.2, 0) is 9.53 Å². The predicted molar refractivity (Wildman–Crippen MR) is 115 cm³/mol. The number of nitrogens with zero attached hydrogens (tertiary/aromatic N) is 1. The van der Waals surface area contributed by atoms with Gasteiger partial charge >= 0.3 is 0 Å². The highest BCUT2D eigenvalue weighted by molar-refractivity contribution is 5.97. The quantitative estimate of drug-likeness (QED) is 0.586. The molecule has 0 aliphatic carbocycles. The van der Waals surface area contributed by atoms with E-state index < -0.39 is 5.60 Å². The summed E-state index contributed by atoms with van der Waals surface area (Å²) in [4.78, 5) is 15.2. The van der Waals surface area contributed by atoms with Crippen LogP contribution in [0, 0.1) is 0 Å². The summed E-state index contributed by atoms with van der Waals surface area (Å²) in [7, 11) is 0. The zero-order chi connectivity index (χ0) is 20.2. The zero-order valence-corrected chi connectivity index (χ0v) is 18.0. The summed E-state index contributed by atoms with van der Waals surface area (Å²) < 4.78 is 11.7. The van der Waals surface area contributed by atoms with E-state index in [0.717, 1.165) is 30.8 Å². The number of nitrogens with one attached hydrogen (secondary N) is 1. The molecule has 1 atom stereocenters. The summed E-state index contributed by atoms with van der Waals surface area (Å²) in [6.07, 6.45) is 7.81. The molecule has 1 heterocycles. The van der Waals surface area contributed by atoms with Crippen LogP contribution in [0.5, 0.6) is 5.75 Å². The van der Waals surface area contributed by atoms with E-state index in [-0.39, 0.29) is 5.91 Å². The molecule has 0 bridgehead atoms. The van der Waals surface area contributed by atoms with Crippen molar-refractivity contribution >= 4 is 11.6 Å². The van der Waals surface area contributed by atoms with E-state index in [2.05, 4.69) is 24.1 Å². The second-order valence-corrected chi connectivity index (χ2v) is 7.91. The Balaban J connectivity index is 1.81. The van der Waals surface area contributed by atoms with Crippen LogP contribution in [-0.4, -0.2) is 49.3 Å². The molecule has 5 nitrogen and oxygen atoms in total. The van der Waals surface area contributed by atoms with Gasteiger partial charge in [-0.05, 0) is 70.0 Å². The highest BCUT2D eigenvalue weighted by Gasteiger charge is 2.33. The third-order valence-corrected chi connectivity index (χ3v) is 5.32. The molecule has 158 valence electrons. The SMILES string of the molecule is CCCO[C@](C)(CCC)C(=O)Nc1ccc(OCCN2CCCCCC2)cc1. The lowest BCUT2D eigenvalue weighted by atomic mass is 9.99. The van der Waals surface area contributed by atoms with E-state index in [1.807, 2.05) is 31.2 Å². The van der Waals surface area contributed by atoms with Crippen LogP contribution < -0.4 is 10.1 Å². The smallest absolute Gasteiger partial charge is 0.256 e. The van der Waals surface area contributed by atoms with Crippen molar-refractivity contribution in [2.75, 3.05) is 38.2 Å². The van der Waals surface area contributed by atoms with Crippen LogP contribution >= 0.6 is 0 Å². The summed E-state index contributed by atoms with van der Waals surface area (Å²) in [6.45, 7) is 10.6. The number of likely N-dealkylation sites (tertiary alicyclic amines) is 1. The molecule has 1 amide bonds. The molecular weight excluding hydrogens is 352 g/mol. The molecule has 1 aromatic rings. The minimum Gasteiger partial charge on any atom is -0.492 e. The van der Waals surface area contributed by atoms with Gasteiger partial charge in [-0.2, -0.15) is 0 Å². The van der Waals surface area contributed by atoms with Gasteiger partial charge in [0.2, 0.25) is 0 Å². The fourth-order valence-corrected chi connectivity index (χ4v) is 3.61. The second kappa shape index (κ2) is 12.1. The molecule has 1 saturated heterocycles. The van der Waals surface area contributed by atoms with E-state index in [9.17, 15) is 4.79 Å². The van der Waals surface area contributed by atoms with Crippen LogP contribution in [0.15, 0.2) is 24.3 Å². The maximum Gasteiger partial charge on any atom is 0.256 e. The number of carbonyl (C=O) groups excluding carboxylic acids is 1. The largest absolute Gasteiger partial charge is 0.492 e. The number of rotatable bonds is 11. The summed E-state index contributed by atoms with van der Waals surface area (Å²) >= 11 is 0. The van der Waals surface area contributed by atoms with Crippen molar-refractivity contribution in [1.29, 1.82) is 0 Å². The molecule has 28 heavy (non-hydrogen) atoms. The molecule has 1 aliphatic heterocycles. The van der Waals surface area contributed by atoms with Gasteiger partial charge in [0, 0.05) is 18.8 Å². The Morgan fingerprint density at radius 2 is 1.71 bits per heavy atom. The maximum atomic E-state index is 12.7. The van der Waals surface area contributed by atoms with E-state index in [0.29, 0.717) is 19.6 Å². The molecular formula is C23H38N2O3. The molecule has 0 unspecified atom stereocenters. The normalized spacial score (nSPS) is 17.5. The van der Waals surface area contributed by atoms with E-state index in [4.69, 9.17) is 9.47 Å². The van der Waals surface area contributed by atoms with Gasteiger partial charge in [0.15, 0.2) is 0 Å². The summed E-state index contributed by atoms with van der Waals surface area (Å²) in [5.41, 5.74) is -0.0140. The van der Waals surface area contributed by atoms with Crippen molar-refractivity contribution in [2.45, 2.75) is 71.3 Å². The van der Waals surface area contributed by atoms with E-state index in [1.54, 1.807) is 0 Å². The molecule has 2 rings (SSSR count). The lowest BCUT2D eigenvalue weighted by Gasteiger charge is -2.28. The number of carbonyl (C=O) groups is 1. The Kier molecular flexibility index (Phi) is 9.79. The summed E-state index contributed by atoms with van der Waals surface area (Å²) in [6, 6.07) is 7.63. The summed E-state index contributed by atoms with van der Waals surface area (Å²) in [5, 5.41) is 2.99. The fraction of sp³-hybridized carbons (Fsp3) is 0.696. The molecule has 0 aromatic heterocycles. The highest BCUT2D eigenvalue weighted by Crippen LogP contribution is 2.22. The lowest BCUT2D eigenvalue weighted by Crippen LogP contribution is -2.43. The first-order valence-electron chi connectivity index (χ1n) is 11.0. The molecule has 5 heteroatoms. The van der Waals surface area contributed by atoms with Crippen LogP contribution in [0.4, 0.5) is 5.69 Å². The highest BCUT2D eigenvalue weighted by atomic mass is 16.5. The van der Waals surface area contributed by atoms with Crippen molar-refractivity contribution < 1.29 is 14.3 Å². The number of hydrogen-bond donors (Lipinski definition) is 1. The standard InChI is InChI=1S/C23H38N2O3/c1-4-14-23(3,28-18-5-2)22(26)24-20-10-12-21(13-11-20)27-19-17-25-15-8-6-7-9-16-25/h10-13H,4-9,14-19H2,1-3H3,(H,24,26)/t23-/m1/s1. The maximum absolute atomic E-state index is 12.7. The topological polar surface area (TPSA) is 50.8 Å². The third kappa shape index (κ3) is 7.44. The Bertz CT molecular complexity index is 568. The molecule has 0 radical (unpaired) electrons. The van der Waals surface area contributed by atoms with Gasteiger partial charge in [-0.15, -0.1) is 0 Å². The van der Waals surface area contributed by atoms with Gasteiger partial charge in [-0.3, -0.25) is 9.69 Å². The van der Waals surface area contributed by atoms with Gasteiger partial charge in [-0.25, -0.2) is 0 Å². The van der Waals surface area contributed by atoms with Crippen molar-refractivity contribution in [1.82, 2.24) is 4.90 Å². The minimum atomic E-state index is -0.785. The number of benzene rings is 1. The first-order valence-corrected chi connectivity index (χ1v) is 11.0. The minimum absolute atomic E-state index is 0.0855. The predicted octanol–water partition coefficient (Wildman–Crippen LogP) is 4.87. The average Bonchev–Trinajstić information content (AvgIpc) is 2.97. The molecule has 0 saturated carbocycles.